The van der Waals surface area contributed by atoms with E-state index in [0.29, 0.717) is 30.3 Å². The standard InChI is InChI=1S/C14H22N2O3S/c1-11-7-8-16(9-14(11)19-2)20(17,18)10-12-5-3-4-6-13(12)15/h3-6,11,14H,7-10,15H2,1-2H3. The summed E-state index contributed by atoms with van der Waals surface area (Å²) in [6.07, 6.45) is 0.786. The Morgan fingerprint density at radius 3 is 2.75 bits per heavy atom. The Balaban J connectivity index is 2.13. The first-order chi connectivity index (χ1) is 9.44. The lowest BCUT2D eigenvalue weighted by Gasteiger charge is -2.35. The number of nitrogen functional groups attached to an aromatic ring is 1. The molecule has 1 fully saturated rings. The zero-order chi connectivity index (χ0) is 14.8. The van der Waals surface area contributed by atoms with Crippen molar-refractivity contribution in [1.29, 1.82) is 0 Å². The number of hydrogen-bond acceptors (Lipinski definition) is 4. The van der Waals surface area contributed by atoms with Gasteiger partial charge in [-0.3, -0.25) is 0 Å². The molecule has 0 radical (unpaired) electrons. The lowest BCUT2D eigenvalue weighted by Crippen LogP contribution is -2.46. The van der Waals surface area contributed by atoms with Crippen LogP contribution in [0, 0.1) is 5.92 Å². The first-order valence-electron chi connectivity index (χ1n) is 6.78. The van der Waals surface area contributed by atoms with Gasteiger partial charge < -0.3 is 10.5 Å². The van der Waals surface area contributed by atoms with Crippen molar-refractivity contribution in [2.45, 2.75) is 25.2 Å². The summed E-state index contributed by atoms with van der Waals surface area (Å²) in [6, 6.07) is 7.08. The maximum atomic E-state index is 12.5. The molecule has 20 heavy (non-hydrogen) atoms. The van der Waals surface area contributed by atoms with Gasteiger partial charge in [-0.2, -0.15) is 4.31 Å². The quantitative estimate of drug-likeness (QED) is 0.854. The maximum Gasteiger partial charge on any atom is 0.218 e. The largest absolute Gasteiger partial charge is 0.398 e. The Hall–Kier alpha value is -1.11. The van der Waals surface area contributed by atoms with E-state index in [1.807, 2.05) is 0 Å². The average Bonchev–Trinajstić information content (AvgIpc) is 2.41. The lowest BCUT2D eigenvalue weighted by atomic mass is 9.97. The van der Waals surface area contributed by atoms with Crippen LogP contribution in [0.3, 0.4) is 0 Å². The molecule has 0 bridgehead atoms. The van der Waals surface area contributed by atoms with Gasteiger partial charge in [0.05, 0.1) is 11.9 Å². The number of anilines is 1. The Bertz CT molecular complexity index is 559. The molecule has 1 aromatic rings. The van der Waals surface area contributed by atoms with Crippen molar-refractivity contribution in [2.75, 3.05) is 25.9 Å². The zero-order valence-electron chi connectivity index (χ0n) is 12.0. The van der Waals surface area contributed by atoms with Gasteiger partial charge in [0.2, 0.25) is 10.0 Å². The first-order valence-corrected chi connectivity index (χ1v) is 8.39. The summed E-state index contributed by atoms with van der Waals surface area (Å²) < 4.78 is 31.9. The summed E-state index contributed by atoms with van der Waals surface area (Å²) in [5, 5.41) is 0. The third-order valence-corrected chi connectivity index (χ3v) is 5.74. The van der Waals surface area contributed by atoms with E-state index in [0.717, 1.165) is 6.42 Å². The van der Waals surface area contributed by atoms with Crippen molar-refractivity contribution < 1.29 is 13.2 Å². The summed E-state index contributed by atoms with van der Waals surface area (Å²) >= 11 is 0. The van der Waals surface area contributed by atoms with Crippen LogP contribution in [0.1, 0.15) is 18.9 Å². The van der Waals surface area contributed by atoms with E-state index in [9.17, 15) is 8.42 Å². The second kappa shape index (κ2) is 6.11. The second-order valence-electron chi connectivity index (χ2n) is 5.35. The second-order valence-corrected chi connectivity index (χ2v) is 7.32. The molecule has 0 saturated carbocycles. The number of hydrogen-bond donors (Lipinski definition) is 1. The number of nitrogens with two attached hydrogens (primary N) is 1. The monoisotopic (exact) mass is 298 g/mol. The van der Waals surface area contributed by atoms with Gasteiger partial charge in [0.1, 0.15) is 0 Å². The van der Waals surface area contributed by atoms with Gasteiger partial charge in [0.25, 0.3) is 0 Å². The molecule has 0 aliphatic carbocycles. The fraction of sp³-hybridized carbons (Fsp3) is 0.571. The van der Waals surface area contributed by atoms with Crippen LogP contribution in [-0.2, 0) is 20.5 Å². The van der Waals surface area contributed by atoms with Gasteiger partial charge >= 0.3 is 0 Å². The van der Waals surface area contributed by atoms with E-state index in [-0.39, 0.29) is 11.9 Å². The molecule has 1 aliphatic rings. The van der Waals surface area contributed by atoms with E-state index >= 15 is 0 Å². The van der Waals surface area contributed by atoms with Gasteiger partial charge in [-0.1, -0.05) is 25.1 Å². The first kappa shape index (κ1) is 15.3. The van der Waals surface area contributed by atoms with Crippen molar-refractivity contribution in [2.24, 2.45) is 5.92 Å². The van der Waals surface area contributed by atoms with Crippen LogP contribution in [0.4, 0.5) is 5.69 Å². The molecule has 112 valence electrons. The van der Waals surface area contributed by atoms with Crippen LogP contribution in [-0.4, -0.2) is 39.0 Å². The molecule has 2 N–H and O–H groups in total. The molecule has 2 atom stereocenters. The fourth-order valence-corrected chi connectivity index (χ4v) is 4.11. The summed E-state index contributed by atoms with van der Waals surface area (Å²) in [4.78, 5) is 0. The number of benzene rings is 1. The highest BCUT2D eigenvalue weighted by Crippen LogP contribution is 2.24. The number of nitrogens with zero attached hydrogens (tertiary/aromatic N) is 1. The van der Waals surface area contributed by atoms with Crippen molar-refractivity contribution in [3.05, 3.63) is 29.8 Å². The number of rotatable bonds is 4. The minimum atomic E-state index is -3.35. The van der Waals surface area contributed by atoms with Crippen LogP contribution in [0.2, 0.25) is 0 Å². The van der Waals surface area contributed by atoms with Gasteiger partial charge in [-0.05, 0) is 24.0 Å². The average molecular weight is 298 g/mol. The molecule has 0 aromatic heterocycles. The number of methoxy groups -OCH3 is 1. The highest BCUT2D eigenvalue weighted by molar-refractivity contribution is 7.88. The Morgan fingerprint density at radius 1 is 1.40 bits per heavy atom. The predicted molar refractivity (Wildman–Crippen MR) is 79.6 cm³/mol. The van der Waals surface area contributed by atoms with Gasteiger partial charge in [0.15, 0.2) is 0 Å². The highest BCUT2D eigenvalue weighted by Gasteiger charge is 2.33. The van der Waals surface area contributed by atoms with Crippen molar-refractivity contribution in [3.8, 4) is 0 Å². The minimum Gasteiger partial charge on any atom is -0.398 e. The van der Waals surface area contributed by atoms with Crippen LogP contribution in [0.25, 0.3) is 0 Å². The molecule has 0 spiro atoms. The number of ether oxygens (including phenoxy) is 1. The number of sulfonamides is 1. The smallest absolute Gasteiger partial charge is 0.218 e. The molecule has 1 saturated heterocycles. The lowest BCUT2D eigenvalue weighted by molar-refractivity contribution is 0.0183. The molecule has 0 amide bonds. The van der Waals surface area contributed by atoms with Crippen LogP contribution >= 0.6 is 0 Å². The van der Waals surface area contributed by atoms with E-state index in [1.54, 1.807) is 31.4 Å². The van der Waals surface area contributed by atoms with E-state index in [4.69, 9.17) is 10.5 Å². The SMILES string of the molecule is COC1CN(S(=O)(=O)Cc2ccccc2N)CCC1C. The Labute approximate surface area is 120 Å². The number of piperidine rings is 1. The van der Waals surface area contributed by atoms with Crippen molar-refractivity contribution in [1.82, 2.24) is 4.31 Å². The maximum absolute atomic E-state index is 12.5. The molecule has 5 nitrogen and oxygen atoms in total. The molecule has 1 aliphatic heterocycles. The normalized spacial score (nSPS) is 24.7. The van der Waals surface area contributed by atoms with Crippen molar-refractivity contribution in [3.63, 3.8) is 0 Å². The molecule has 2 rings (SSSR count). The molecular formula is C14H22N2O3S. The fourth-order valence-electron chi connectivity index (χ4n) is 2.52. The molecule has 6 heteroatoms. The third kappa shape index (κ3) is 3.31. The Kier molecular flexibility index (Phi) is 4.67. The van der Waals surface area contributed by atoms with Crippen LogP contribution in [0.5, 0.6) is 0 Å². The van der Waals surface area contributed by atoms with Gasteiger partial charge in [-0.15, -0.1) is 0 Å². The van der Waals surface area contributed by atoms with Gasteiger partial charge in [-0.25, -0.2) is 8.42 Å². The summed E-state index contributed by atoms with van der Waals surface area (Å²) in [6.45, 7) is 3.07. The van der Waals surface area contributed by atoms with Crippen LogP contribution < -0.4 is 5.73 Å². The summed E-state index contributed by atoms with van der Waals surface area (Å²) in [7, 11) is -1.72. The number of para-hydroxylation sites is 1. The Morgan fingerprint density at radius 2 is 2.10 bits per heavy atom. The topological polar surface area (TPSA) is 72.6 Å². The predicted octanol–water partition coefficient (Wildman–Crippen LogP) is 1.46. The minimum absolute atomic E-state index is 0.0355. The van der Waals surface area contributed by atoms with Gasteiger partial charge in [0, 0.05) is 25.9 Å². The molecule has 1 heterocycles. The molecular weight excluding hydrogens is 276 g/mol. The molecule has 1 aromatic carbocycles. The van der Waals surface area contributed by atoms with Crippen molar-refractivity contribution >= 4 is 15.7 Å². The highest BCUT2D eigenvalue weighted by atomic mass is 32.2. The zero-order valence-corrected chi connectivity index (χ0v) is 12.8. The van der Waals surface area contributed by atoms with Crippen LogP contribution in [0.15, 0.2) is 24.3 Å². The van der Waals surface area contributed by atoms with E-state index < -0.39 is 10.0 Å². The molecule has 2 unspecified atom stereocenters. The summed E-state index contributed by atoms with van der Waals surface area (Å²) in [5.41, 5.74) is 7.00. The van der Waals surface area contributed by atoms with E-state index in [1.165, 1.54) is 4.31 Å². The third-order valence-electron chi connectivity index (χ3n) is 3.94. The summed E-state index contributed by atoms with van der Waals surface area (Å²) in [5.74, 6) is 0.332. The van der Waals surface area contributed by atoms with E-state index in [2.05, 4.69) is 6.92 Å².